The van der Waals surface area contributed by atoms with E-state index in [1.54, 1.807) is 0 Å². The van der Waals surface area contributed by atoms with Gasteiger partial charge >= 0.3 is 0 Å². The Morgan fingerprint density at radius 2 is 1.37 bits per heavy atom. The first-order valence-electron chi connectivity index (χ1n) is 17.4. The number of nitrogens with zero attached hydrogens (tertiary/aromatic N) is 3. The maximum Gasteiger partial charge on any atom is 0.299 e. The molecule has 0 aliphatic rings. The Bertz CT molecular complexity index is 2520. The van der Waals surface area contributed by atoms with Gasteiger partial charge in [0.05, 0.1) is 12.4 Å². The Balaban J connectivity index is 1.58. The van der Waals surface area contributed by atoms with Gasteiger partial charge in [-0.25, -0.2) is 9.55 Å². The molecule has 0 saturated heterocycles. The Morgan fingerprint density at radius 3 is 2.04 bits per heavy atom. The van der Waals surface area contributed by atoms with Crippen molar-refractivity contribution in [1.82, 2.24) is 9.55 Å². The molecule has 5 nitrogen and oxygen atoms in total. The Morgan fingerprint density at radius 1 is 0.735 bits per heavy atom. The summed E-state index contributed by atoms with van der Waals surface area (Å²) in [5, 5.41) is 2.00. The molecule has 8 rings (SSSR count). The molecule has 8 aromatic rings. The first-order valence-corrected chi connectivity index (χ1v) is 17.4. The molecule has 3 aromatic heterocycles. The van der Waals surface area contributed by atoms with E-state index in [-0.39, 0.29) is 17.3 Å². The zero-order valence-electron chi connectivity index (χ0n) is 30.0. The van der Waals surface area contributed by atoms with Crippen molar-refractivity contribution >= 4 is 44.1 Å². The van der Waals surface area contributed by atoms with Gasteiger partial charge in [-0.05, 0) is 65.8 Å². The van der Waals surface area contributed by atoms with E-state index in [4.69, 9.17) is 13.8 Å². The van der Waals surface area contributed by atoms with E-state index < -0.39 is 0 Å². The van der Waals surface area contributed by atoms with Gasteiger partial charge in [0.25, 0.3) is 5.82 Å². The van der Waals surface area contributed by atoms with Crippen LogP contribution in [0.2, 0.25) is 0 Å². The van der Waals surface area contributed by atoms with E-state index >= 15 is 0 Å². The fourth-order valence-corrected chi connectivity index (χ4v) is 7.51. The molecule has 0 N–H and O–H groups in total. The zero-order chi connectivity index (χ0) is 34.4. The summed E-state index contributed by atoms with van der Waals surface area (Å²) in [6.45, 7) is 17.8. The van der Waals surface area contributed by atoms with E-state index in [0.29, 0.717) is 0 Å². The predicted molar refractivity (Wildman–Crippen MR) is 202 cm³/mol. The van der Waals surface area contributed by atoms with Crippen LogP contribution in [-0.4, -0.2) is 9.55 Å². The number of furan rings is 1. The Kier molecular flexibility index (Phi) is 7.11. The minimum atomic E-state index is -0.254. The van der Waals surface area contributed by atoms with E-state index in [1.165, 1.54) is 27.9 Å². The van der Waals surface area contributed by atoms with Crippen molar-refractivity contribution in [2.24, 2.45) is 7.05 Å². The van der Waals surface area contributed by atoms with Crippen LogP contribution in [-0.2, 0) is 12.5 Å². The highest BCUT2D eigenvalue weighted by molar-refractivity contribution is 6.21. The van der Waals surface area contributed by atoms with Crippen molar-refractivity contribution in [2.45, 2.75) is 72.6 Å². The number of aromatic nitrogens is 3. The lowest BCUT2D eigenvalue weighted by molar-refractivity contribution is -0.633. The molecule has 0 radical (unpaired) electrons. The molecule has 0 unspecified atom stereocenters. The van der Waals surface area contributed by atoms with Gasteiger partial charge in [-0.2, -0.15) is 4.57 Å². The molecule has 0 bridgehead atoms. The molecule has 5 heteroatoms. The van der Waals surface area contributed by atoms with E-state index in [2.05, 4.69) is 150 Å². The van der Waals surface area contributed by atoms with E-state index in [0.717, 1.165) is 66.9 Å². The van der Waals surface area contributed by atoms with Gasteiger partial charge in [0.2, 0.25) is 5.89 Å². The summed E-state index contributed by atoms with van der Waals surface area (Å²) in [5.41, 5.74) is 13.8. The van der Waals surface area contributed by atoms with Crippen molar-refractivity contribution in [3.05, 3.63) is 114 Å². The largest absolute Gasteiger partial charge is 0.455 e. The van der Waals surface area contributed by atoms with Gasteiger partial charge in [-0.3, -0.25) is 0 Å². The van der Waals surface area contributed by atoms with Crippen molar-refractivity contribution < 1.29 is 13.4 Å². The summed E-state index contributed by atoms with van der Waals surface area (Å²) >= 11 is 0. The second-order valence-corrected chi connectivity index (χ2v) is 15.1. The molecule has 0 amide bonds. The highest BCUT2D eigenvalue weighted by Gasteiger charge is 2.36. The lowest BCUT2D eigenvalue weighted by atomic mass is 9.88. The van der Waals surface area contributed by atoms with Crippen LogP contribution in [0.3, 0.4) is 0 Å². The number of imidazole rings is 1. The SMILES string of the molecule is Cc1c(-c2n(-c3c(C(C)C)cc(-c4ccccc4)cc3C(C)C)c3ccccc3[n+]2C)c2oc3ccccc3c2c2oc(C(C)(C)C)nc12. The van der Waals surface area contributed by atoms with Crippen LogP contribution < -0.4 is 4.57 Å². The molecule has 5 aromatic carbocycles. The predicted octanol–water partition coefficient (Wildman–Crippen LogP) is 11.7. The second kappa shape index (κ2) is 11.2. The van der Waals surface area contributed by atoms with Gasteiger partial charge in [0.1, 0.15) is 22.4 Å². The van der Waals surface area contributed by atoms with Crippen molar-refractivity contribution in [3.8, 4) is 28.2 Å². The molecule has 0 aliphatic carbocycles. The second-order valence-electron chi connectivity index (χ2n) is 15.1. The van der Waals surface area contributed by atoms with Gasteiger partial charge in [-0.1, -0.05) is 109 Å². The van der Waals surface area contributed by atoms with E-state index in [1.807, 2.05) is 12.1 Å². The van der Waals surface area contributed by atoms with Crippen LogP contribution in [0.25, 0.3) is 72.3 Å². The van der Waals surface area contributed by atoms with Gasteiger partial charge in [-0.15, -0.1) is 0 Å². The molecule has 3 heterocycles. The smallest absolute Gasteiger partial charge is 0.299 e. The molecule has 0 saturated carbocycles. The lowest BCUT2D eigenvalue weighted by Gasteiger charge is -2.21. The normalized spacial score (nSPS) is 12.6. The van der Waals surface area contributed by atoms with Crippen molar-refractivity contribution in [2.75, 3.05) is 0 Å². The van der Waals surface area contributed by atoms with E-state index in [9.17, 15) is 0 Å². The summed E-state index contributed by atoms with van der Waals surface area (Å²) in [6.07, 6.45) is 0. The molecular weight excluding hydrogens is 603 g/mol. The van der Waals surface area contributed by atoms with Crippen LogP contribution >= 0.6 is 0 Å². The minimum Gasteiger partial charge on any atom is -0.455 e. The number of rotatable bonds is 5. The monoisotopic (exact) mass is 646 g/mol. The zero-order valence-corrected chi connectivity index (χ0v) is 30.0. The van der Waals surface area contributed by atoms with Crippen molar-refractivity contribution in [3.63, 3.8) is 0 Å². The maximum atomic E-state index is 6.88. The minimum absolute atomic E-state index is 0.254. The average molecular weight is 647 g/mol. The number of benzene rings is 5. The van der Waals surface area contributed by atoms with Crippen LogP contribution in [0, 0.1) is 6.92 Å². The Labute approximate surface area is 287 Å². The van der Waals surface area contributed by atoms with Gasteiger partial charge < -0.3 is 8.83 Å². The van der Waals surface area contributed by atoms with Gasteiger partial charge in [0.15, 0.2) is 22.2 Å². The third-order valence-corrected chi connectivity index (χ3v) is 10.0. The van der Waals surface area contributed by atoms with Gasteiger partial charge in [0, 0.05) is 21.9 Å². The molecule has 246 valence electrons. The average Bonchev–Trinajstić information content (AvgIpc) is 3.77. The number of fused-ring (bicyclic) bond motifs is 6. The third-order valence-electron chi connectivity index (χ3n) is 10.0. The summed E-state index contributed by atoms with van der Waals surface area (Å²) in [6, 6.07) is 32.6. The Hall–Kier alpha value is -5.16. The number of para-hydroxylation sites is 3. The molecule has 0 fully saturated rings. The van der Waals surface area contributed by atoms with Crippen LogP contribution in [0.15, 0.2) is 99.8 Å². The number of hydrogen-bond donors (Lipinski definition) is 0. The highest BCUT2D eigenvalue weighted by atomic mass is 16.4. The van der Waals surface area contributed by atoms with Crippen LogP contribution in [0.5, 0.6) is 0 Å². The molecule has 49 heavy (non-hydrogen) atoms. The summed E-state index contributed by atoms with van der Waals surface area (Å²) in [7, 11) is 2.18. The first kappa shape index (κ1) is 31.1. The summed E-state index contributed by atoms with van der Waals surface area (Å²) < 4.78 is 18.4. The standard InChI is InChI=1S/C44H44N3O2/c1-25(2)31-23-29(28-17-11-10-12-18-28)24-32(26(3)4)39(31)47-34-21-15-14-20-33(34)46(9)42(47)36-27(5)38-41(49-43(45-38)44(6,7)8)37-30-19-13-16-22-35(30)48-40(36)37/h10-26H,1-9H3/q+1. The summed E-state index contributed by atoms with van der Waals surface area (Å²) in [5.74, 6) is 2.33. The highest BCUT2D eigenvalue weighted by Crippen LogP contribution is 2.46. The topological polar surface area (TPSA) is 48.0 Å². The molecular formula is C44H44N3O2+. The quantitative estimate of drug-likeness (QED) is 0.175. The first-order chi connectivity index (χ1) is 23.5. The maximum absolute atomic E-state index is 6.88. The third kappa shape index (κ3) is 4.74. The molecule has 0 spiro atoms. The van der Waals surface area contributed by atoms with Crippen molar-refractivity contribution in [1.29, 1.82) is 0 Å². The lowest BCUT2D eigenvalue weighted by Crippen LogP contribution is -2.30. The summed E-state index contributed by atoms with van der Waals surface area (Å²) in [4.78, 5) is 5.20. The van der Waals surface area contributed by atoms with Crippen LogP contribution in [0.4, 0.5) is 0 Å². The molecule has 0 atom stereocenters. The fraction of sp³-hybridized carbons (Fsp3) is 0.273. The number of aryl methyl sites for hydroxylation is 2. The number of oxazole rings is 1. The fourth-order valence-electron chi connectivity index (χ4n) is 7.51. The number of hydrogen-bond acceptors (Lipinski definition) is 3. The molecule has 0 aliphatic heterocycles. The van der Waals surface area contributed by atoms with Crippen LogP contribution in [0.1, 0.15) is 82.9 Å².